The van der Waals surface area contributed by atoms with Gasteiger partial charge in [-0.1, -0.05) is 31.7 Å². The molecule has 0 N–H and O–H groups in total. The van der Waals surface area contributed by atoms with Crippen LogP contribution in [0.2, 0.25) is 0 Å². The number of nitrogens with zero attached hydrogens (tertiary/aromatic N) is 5. The Hall–Kier alpha value is -3.56. The van der Waals surface area contributed by atoms with E-state index in [1.807, 2.05) is 16.7 Å². The highest BCUT2D eigenvalue weighted by atomic mass is 16.5. The van der Waals surface area contributed by atoms with Crippen LogP contribution in [0.1, 0.15) is 24.9 Å². The SMILES string of the molecule is C=C1C(CC)C(n2c#cc(OC#N)c2)Cc2ccccc2N1CCN(C)C#N. The first-order chi connectivity index (χ1) is 13.6. The number of ether oxygens (including phenoxy) is 1. The van der Waals surface area contributed by atoms with Crippen molar-refractivity contribution in [1.29, 1.82) is 10.5 Å². The molecule has 0 saturated carbocycles. The van der Waals surface area contributed by atoms with Gasteiger partial charge in [-0.3, -0.25) is 4.57 Å². The molecule has 0 bridgehead atoms. The highest BCUT2D eigenvalue weighted by Gasteiger charge is 2.33. The van der Waals surface area contributed by atoms with E-state index in [0.717, 1.165) is 24.2 Å². The van der Waals surface area contributed by atoms with Crippen LogP contribution in [0, 0.1) is 41.2 Å². The molecule has 1 aliphatic heterocycles. The van der Waals surface area contributed by atoms with Crippen molar-refractivity contribution in [1.82, 2.24) is 9.47 Å². The van der Waals surface area contributed by atoms with E-state index in [2.05, 4.69) is 49.0 Å². The van der Waals surface area contributed by atoms with Gasteiger partial charge in [0.25, 0.3) is 6.26 Å². The topological polar surface area (TPSA) is 68.2 Å². The number of nitriles is 2. The van der Waals surface area contributed by atoms with E-state index in [-0.39, 0.29) is 12.0 Å². The Bertz CT molecular complexity index is 919. The normalized spacial score (nSPS) is 18.3. The van der Waals surface area contributed by atoms with Crippen molar-refractivity contribution in [3.8, 4) is 18.2 Å². The van der Waals surface area contributed by atoms with Crippen LogP contribution in [0.25, 0.3) is 0 Å². The largest absolute Gasteiger partial charge is 0.377 e. The summed E-state index contributed by atoms with van der Waals surface area (Å²) in [5.74, 6) is 0.541. The summed E-state index contributed by atoms with van der Waals surface area (Å²) in [7, 11) is 1.79. The van der Waals surface area contributed by atoms with Gasteiger partial charge in [-0.15, -0.1) is 5.26 Å². The molecule has 0 spiro atoms. The summed E-state index contributed by atoms with van der Waals surface area (Å²) >= 11 is 0. The predicted octanol–water partition coefficient (Wildman–Crippen LogP) is 3.50. The lowest BCUT2D eigenvalue weighted by molar-refractivity contribution is 0.356. The lowest BCUT2D eigenvalue weighted by Gasteiger charge is -2.33. The smallest absolute Gasteiger partial charge is 0.292 e. The third kappa shape index (κ3) is 3.75. The van der Waals surface area contributed by atoms with Crippen LogP contribution in [0.5, 0.6) is 5.75 Å². The van der Waals surface area contributed by atoms with Crippen LogP contribution >= 0.6 is 0 Å². The molecule has 0 aliphatic carbocycles. The van der Waals surface area contributed by atoms with Crippen molar-refractivity contribution < 1.29 is 4.74 Å². The van der Waals surface area contributed by atoms with E-state index in [4.69, 9.17) is 15.3 Å². The van der Waals surface area contributed by atoms with Gasteiger partial charge in [0, 0.05) is 43.6 Å². The van der Waals surface area contributed by atoms with Crippen molar-refractivity contribution in [3.05, 3.63) is 60.6 Å². The second-order valence-corrected chi connectivity index (χ2v) is 6.91. The Balaban J connectivity index is 1.99. The predicted molar refractivity (Wildman–Crippen MR) is 106 cm³/mol. The fourth-order valence-corrected chi connectivity index (χ4v) is 3.85. The lowest BCUT2D eigenvalue weighted by Crippen LogP contribution is -2.34. The van der Waals surface area contributed by atoms with E-state index in [1.54, 1.807) is 24.4 Å². The van der Waals surface area contributed by atoms with Gasteiger partial charge in [-0.05, 0) is 30.5 Å². The maximum absolute atomic E-state index is 9.11. The van der Waals surface area contributed by atoms with Crippen LogP contribution in [-0.4, -0.2) is 29.6 Å². The van der Waals surface area contributed by atoms with Crippen LogP contribution in [0.4, 0.5) is 5.69 Å². The summed E-state index contributed by atoms with van der Waals surface area (Å²) in [5, 5.41) is 17.9. The standard InChI is InChI=1S/C22H23N5O/c1-4-20-17(2)27(12-11-25(3)15-23)21-8-6-5-7-18(21)13-22(20)26-10-9-19(14-26)28-16-24/h5-8,14,20,22H,2,4,11-13H2,1,3H3. The van der Waals surface area contributed by atoms with Gasteiger partial charge in [0.2, 0.25) is 5.75 Å². The van der Waals surface area contributed by atoms with E-state index in [1.165, 1.54) is 5.56 Å². The Labute approximate surface area is 166 Å². The number of fused-ring (bicyclic) bond motifs is 1. The number of anilines is 1. The molecule has 0 radical (unpaired) electrons. The van der Waals surface area contributed by atoms with Gasteiger partial charge < -0.3 is 14.5 Å². The minimum absolute atomic E-state index is 0.0876. The molecule has 1 aliphatic rings. The number of aromatic nitrogens is 1. The fraction of sp³-hybridized carbons (Fsp3) is 0.364. The van der Waals surface area contributed by atoms with Gasteiger partial charge in [-0.25, -0.2) is 0 Å². The third-order valence-corrected chi connectivity index (χ3v) is 5.30. The zero-order chi connectivity index (χ0) is 20.1. The number of hydrogen-bond donors (Lipinski definition) is 0. The number of para-hydroxylation sites is 1. The molecular formula is C22H23N5O. The van der Waals surface area contributed by atoms with Crippen LogP contribution in [0.15, 0.2) is 42.7 Å². The molecule has 28 heavy (non-hydrogen) atoms. The molecule has 0 saturated heterocycles. The molecule has 2 atom stereocenters. The maximum atomic E-state index is 9.11. The summed E-state index contributed by atoms with van der Waals surface area (Å²) in [4.78, 5) is 3.86. The van der Waals surface area contributed by atoms with Gasteiger partial charge in [-0.2, -0.15) is 5.26 Å². The van der Waals surface area contributed by atoms with Crippen molar-refractivity contribution >= 4 is 5.69 Å². The Morgan fingerprint density at radius 2 is 2.14 bits per heavy atom. The summed E-state index contributed by atoms with van der Waals surface area (Å²) in [6.07, 6.45) is 10.4. The summed E-state index contributed by atoms with van der Waals surface area (Å²) in [6.45, 7) is 7.89. The Morgan fingerprint density at radius 1 is 1.36 bits per heavy atom. The van der Waals surface area contributed by atoms with E-state index in [9.17, 15) is 0 Å². The van der Waals surface area contributed by atoms with E-state index < -0.39 is 0 Å². The first kappa shape index (κ1) is 19.2. The first-order valence-electron chi connectivity index (χ1n) is 9.31. The van der Waals surface area contributed by atoms with E-state index in [0.29, 0.717) is 18.8 Å². The maximum Gasteiger partial charge on any atom is 0.292 e. The molecule has 6 nitrogen and oxygen atoms in total. The fourth-order valence-electron chi connectivity index (χ4n) is 3.85. The minimum atomic E-state index is 0.0876. The molecule has 2 unspecified atom stereocenters. The van der Waals surface area contributed by atoms with Crippen LogP contribution in [0.3, 0.4) is 0 Å². The van der Waals surface area contributed by atoms with Gasteiger partial charge in [0.05, 0.1) is 12.2 Å². The third-order valence-electron chi connectivity index (χ3n) is 5.30. The van der Waals surface area contributed by atoms with Crippen molar-refractivity contribution in [2.45, 2.75) is 25.8 Å². The average Bonchev–Trinajstić information content (AvgIpc) is 3.12. The molecule has 3 rings (SSSR count). The molecule has 1 aromatic carbocycles. The van der Waals surface area contributed by atoms with E-state index >= 15 is 0 Å². The van der Waals surface area contributed by atoms with Crippen LogP contribution in [-0.2, 0) is 6.42 Å². The Kier molecular flexibility index (Phi) is 5.78. The van der Waals surface area contributed by atoms with Crippen molar-refractivity contribution in [2.24, 2.45) is 5.92 Å². The highest BCUT2D eigenvalue weighted by Crippen LogP contribution is 2.40. The second-order valence-electron chi connectivity index (χ2n) is 6.91. The Morgan fingerprint density at radius 3 is 2.86 bits per heavy atom. The van der Waals surface area contributed by atoms with Gasteiger partial charge >= 0.3 is 0 Å². The molecule has 6 heteroatoms. The summed E-state index contributed by atoms with van der Waals surface area (Å²) in [5.41, 5.74) is 3.37. The molecule has 2 heterocycles. The summed E-state index contributed by atoms with van der Waals surface area (Å²) in [6, 6.07) is 11.3. The van der Waals surface area contributed by atoms with Crippen LogP contribution < -0.4 is 9.64 Å². The number of allylic oxidation sites excluding steroid dienone is 1. The molecule has 142 valence electrons. The zero-order valence-electron chi connectivity index (χ0n) is 16.2. The number of hydrogen-bond acceptors (Lipinski definition) is 5. The highest BCUT2D eigenvalue weighted by molar-refractivity contribution is 5.59. The van der Waals surface area contributed by atoms with Crippen molar-refractivity contribution in [2.75, 3.05) is 25.0 Å². The monoisotopic (exact) mass is 373 g/mol. The molecular weight excluding hydrogens is 350 g/mol. The number of benzene rings is 1. The van der Waals surface area contributed by atoms with Gasteiger partial charge in [0.15, 0.2) is 6.19 Å². The van der Waals surface area contributed by atoms with Gasteiger partial charge in [0.1, 0.15) is 0 Å². The number of likely N-dealkylation sites (N-methyl/N-ethyl adjacent to an activating group) is 1. The molecule has 0 fully saturated rings. The zero-order valence-corrected chi connectivity index (χ0v) is 16.2. The molecule has 1 aromatic heterocycles. The quantitative estimate of drug-likeness (QED) is 0.573. The second kappa shape index (κ2) is 8.42. The first-order valence-corrected chi connectivity index (χ1v) is 9.31. The average molecular weight is 373 g/mol. The molecule has 0 amide bonds. The molecule has 2 aromatic rings. The number of rotatable bonds is 6. The van der Waals surface area contributed by atoms with Crippen molar-refractivity contribution in [3.63, 3.8) is 0 Å². The minimum Gasteiger partial charge on any atom is -0.377 e. The lowest BCUT2D eigenvalue weighted by atomic mass is 9.90. The summed E-state index contributed by atoms with van der Waals surface area (Å²) < 4.78 is 6.85.